The molecule has 1 fully saturated rings. The van der Waals surface area contributed by atoms with Crippen LogP contribution in [0.2, 0.25) is 0 Å². The number of nitrogens with zero attached hydrogens (tertiary/aromatic N) is 4. The lowest BCUT2D eigenvalue weighted by atomic mass is 10.2. The fourth-order valence-corrected chi connectivity index (χ4v) is 3.33. The van der Waals surface area contributed by atoms with Crippen molar-refractivity contribution in [1.82, 2.24) is 19.5 Å². The summed E-state index contributed by atoms with van der Waals surface area (Å²) in [5.74, 6) is 1.04. The second-order valence-electron chi connectivity index (χ2n) is 6.65. The third kappa shape index (κ3) is 3.74. The largest absolute Gasteiger partial charge is 0.495 e. The minimum Gasteiger partial charge on any atom is -0.495 e. The van der Waals surface area contributed by atoms with E-state index in [1.165, 1.54) is 13.3 Å². The van der Waals surface area contributed by atoms with Gasteiger partial charge in [-0.15, -0.1) is 0 Å². The number of benzene rings is 1. The molecule has 0 bridgehead atoms. The van der Waals surface area contributed by atoms with Gasteiger partial charge in [-0.2, -0.15) is 0 Å². The predicted molar refractivity (Wildman–Crippen MR) is 105 cm³/mol. The van der Waals surface area contributed by atoms with Crippen LogP contribution in [0.4, 0.5) is 17.2 Å². The first kappa shape index (κ1) is 18.2. The van der Waals surface area contributed by atoms with Crippen molar-refractivity contribution in [3.8, 4) is 5.75 Å². The Labute approximate surface area is 162 Å². The first-order valence-electron chi connectivity index (χ1n) is 9.14. The number of fused-ring (bicyclic) bond motifs is 1. The molecule has 0 saturated carbocycles. The minimum atomic E-state index is -0.145. The van der Waals surface area contributed by atoms with Crippen LogP contribution < -0.4 is 15.4 Å². The fraction of sp³-hybridized carbons (Fsp3) is 0.368. The van der Waals surface area contributed by atoms with Crippen LogP contribution >= 0.6 is 0 Å². The van der Waals surface area contributed by atoms with Crippen LogP contribution in [-0.4, -0.2) is 45.2 Å². The highest BCUT2D eigenvalue weighted by Gasteiger charge is 2.19. The molecule has 1 aliphatic rings. The average Bonchev–Trinajstić information content (AvgIpc) is 3.33. The van der Waals surface area contributed by atoms with Gasteiger partial charge in [0.15, 0.2) is 17.0 Å². The molecule has 1 saturated heterocycles. The number of ether oxygens (including phenoxy) is 2. The van der Waals surface area contributed by atoms with Gasteiger partial charge >= 0.3 is 0 Å². The van der Waals surface area contributed by atoms with E-state index in [-0.39, 0.29) is 12.0 Å². The van der Waals surface area contributed by atoms with Gasteiger partial charge in [-0.05, 0) is 31.0 Å². The zero-order chi connectivity index (χ0) is 19.5. The van der Waals surface area contributed by atoms with E-state index < -0.39 is 0 Å². The van der Waals surface area contributed by atoms with Crippen LogP contribution in [0, 0.1) is 0 Å². The van der Waals surface area contributed by atoms with Gasteiger partial charge in [-0.3, -0.25) is 4.79 Å². The van der Waals surface area contributed by atoms with Crippen molar-refractivity contribution in [2.24, 2.45) is 0 Å². The number of rotatable bonds is 6. The fourth-order valence-electron chi connectivity index (χ4n) is 3.33. The van der Waals surface area contributed by atoms with Gasteiger partial charge < -0.3 is 24.7 Å². The van der Waals surface area contributed by atoms with Crippen LogP contribution in [0.3, 0.4) is 0 Å². The number of nitrogens with one attached hydrogen (secondary N) is 2. The van der Waals surface area contributed by atoms with Crippen LogP contribution in [0.1, 0.15) is 19.8 Å². The molecule has 0 radical (unpaired) electrons. The van der Waals surface area contributed by atoms with Crippen molar-refractivity contribution >= 4 is 34.3 Å². The maximum Gasteiger partial charge on any atom is 0.221 e. The summed E-state index contributed by atoms with van der Waals surface area (Å²) in [6, 6.07) is 5.34. The van der Waals surface area contributed by atoms with E-state index in [0.29, 0.717) is 35.0 Å². The Morgan fingerprint density at radius 3 is 3.00 bits per heavy atom. The molecule has 2 N–H and O–H groups in total. The van der Waals surface area contributed by atoms with Gasteiger partial charge in [0.05, 0.1) is 31.8 Å². The second-order valence-corrected chi connectivity index (χ2v) is 6.65. The Balaban J connectivity index is 1.64. The highest BCUT2D eigenvalue weighted by Crippen LogP contribution is 2.32. The van der Waals surface area contributed by atoms with Crippen molar-refractivity contribution in [3.05, 3.63) is 30.9 Å². The number of hydrogen-bond acceptors (Lipinski definition) is 7. The Kier molecular flexibility index (Phi) is 5.07. The number of methoxy groups -OCH3 is 1. The first-order chi connectivity index (χ1) is 13.6. The quantitative estimate of drug-likeness (QED) is 0.675. The smallest absolute Gasteiger partial charge is 0.221 e. The molecule has 1 unspecified atom stereocenters. The second kappa shape index (κ2) is 7.81. The first-order valence-corrected chi connectivity index (χ1v) is 9.14. The Bertz CT molecular complexity index is 996. The van der Waals surface area contributed by atoms with E-state index in [4.69, 9.17) is 9.47 Å². The molecule has 3 aromatic rings. The monoisotopic (exact) mass is 382 g/mol. The summed E-state index contributed by atoms with van der Waals surface area (Å²) in [5, 5.41) is 6.02. The highest BCUT2D eigenvalue weighted by atomic mass is 16.5. The van der Waals surface area contributed by atoms with Gasteiger partial charge in [0, 0.05) is 19.2 Å². The molecule has 0 spiro atoms. The van der Waals surface area contributed by atoms with Gasteiger partial charge in [-0.1, -0.05) is 0 Å². The molecule has 3 heterocycles. The maximum atomic E-state index is 11.4. The van der Waals surface area contributed by atoms with Gasteiger partial charge in [0.1, 0.15) is 12.1 Å². The summed E-state index contributed by atoms with van der Waals surface area (Å²) in [6.07, 6.45) is 5.59. The summed E-state index contributed by atoms with van der Waals surface area (Å²) < 4.78 is 13.1. The molecule has 1 amide bonds. The average molecular weight is 382 g/mol. The molecule has 1 atom stereocenters. The molecule has 0 aliphatic carbocycles. The summed E-state index contributed by atoms with van der Waals surface area (Å²) >= 11 is 0. The summed E-state index contributed by atoms with van der Waals surface area (Å²) in [5.41, 5.74) is 2.73. The van der Waals surface area contributed by atoms with Crippen molar-refractivity contribution in [2.75, 3.05) is 24.4 Å². The van der Waals surface area contributed by atoms with E-state index in [9.17, 15) is 4.79 Å². The molecular formula is C19H22N6O3. The number of anilines is 3. The maximum absolute atomic E-state index is 11.4. The molecule has 1 aromatic carbocycles. The molecule has 9 heteroatoms. The van der Waals surface area contributed by atoms with Crippen LogP contribution in [0.5, 0.6) is 5.75 Å². The predicted octanol–water partition coefficient (Wildman–Crippen LogP) is 2.72. The van der Waals surface area contributed by atoms with Crippen LogP contribution in [-0.2, 0) is 16.1 Å². The Morgan fingerprint density at radius 2 is 2.25 bits per heavy atom. The standard InChI is InChI=1S/C19H22N6O3/c1-12(26)23-13-5-6-16(27-2)15(8-13)24-18-17-19(21-10-20-18)25(11-22-17)9-14-4-3-7-28-14/h5-6,8,10-11,14H,3-4,7,9H2,1-2H3,(H,23,26)(H,20,21,24). The number of aromatic nitrogens is 4. The van der Waals surface area contributed by atoms with Crippen molar-refractivity contribution in [2.45, 2.75) is 32.4 Å². The Hall–Kier alpha value is -3.20. The van der Waals surface area contributed by atoms with Crippen molar-refractivity contribution < 1.29 is 14.3 Å². The molecule has 28 heavy (non-hydrogen) atoms. The van der Waals surface area contributed by atoms with Gasteiger partial charge in [-0.25, -0.2) is 15.0 Å². The topological polar surface area (TPSA) is 103 Å². The lowest BCUT2D eigenvalue weighted by Gasteiger charge is -2.13. The van der Waals surface area contributed by atoms with Crippen molar-refractivity contribution in [1.29, 1.82) is 0 Å². The normalized spacial score (nSPS) is 16.3. The van der Waals surface area contributed by atoms with Gasteiger partial charge in [0.25, 0.3) is 0 Å². The molecule has 9 nitrogen and oxygen atoms in total. The van der Waals surface area contributed by atoms with E-state index >= 15 is 0 Å². The summed E-state index contributed by atoms with van der Waals surface area (Å²) in [4.78, 5) is 24.6. The number of imidazole rings is 1. The number of carbonyl (C=O) groups excluding carboxylic acids is 1. The van der Waals surface area contributed by atoms with E-state index in [1.54, 1.807) is 31.6 Å². The number of amides is 1. The highest BCUT2D eigenvalue weighted by molar-refractivity contribution is 5.91. The SMILES string of the molecule is COc1ccc(NC(C)=O)cc1Nc1ncnc2c1ncn2CC1CCCO1. The minimum absolute atomic E-state index is 0.145. The molecule has 2 aromatic heterocycles. The lowest BCUT2D eigenvalue weighted by molar-refractivity contribution is -0.114. The Morgan fingerprint density at radius 1 is 1.36 bits per heavy atom. The number of carbonyl (C=O) groups is 1. The summed E-state index contributed by atoms with van der Waals surface area (Å²) in [7, 11) is 1.59. The molecule has 146 valence electrons. The third-order valence-corrected chi connectivity index (χ3v) is 4.60. The molecule has 4 rings (SSSR count). The summed E-state index contributed by atoms with van der Waals surface area (Å²) in [6.45, 7) is 2.99. The molecular weight excluding hydrogens is 360 g/mol. The number of hydrogen-bond donors (Lipinski definition) is 2. The van der Waals surface area contributed by atoms with Crippen molar-refractivity contribution in [3.63, 3.8) is 0 Å². The van der Waals surface area contributed by atoms with Crippen LogP contribution in [0.25, 0.3) is 11.2 Å². The van der Waals surface area contributed by atoms with E-state index in [0.717, 1.165) is 25.1 Å². The lowest BCUT2D eigenvalue weighted by Crippen LogP contribution is -2.14. The van der Waals surface area contributed by atoms with Gasteiger partial charge in [0.2, 0.25) is 5.91 Å². The molecule has 1 aliphatic heterocycles. The van der Waals surface area contributed by atoms with Crippen LogP contribution in [0.15, 0.2) is 30.9 Å². The zero-order valence-electron chi connectivity index (χ0n) is 15.8. The van der Waals surface area contributed by atoms with E-state index in [1.807, 2.05) is 4.57 Å². The zero-order valence-corrected chi connectivity index (χ0v) is 15.8. The third-order valence-electron chi connectivity index (χ3n) is 4.60. The van der Waals surface area contributed by atoms with E-state index in [2.05, 4.69) is 25.6 Å².